The molecule has 1 aliphatic rings. The van der Waals surface area contributed by atoms with Crippen LogP contribution in [0.4, 0.5) is 4.79 Å². The van der Waals surface area contributed by atoms with E-state index in [4.69, 9.17) is 27.9 Å². The second kappa shape index (κ2) is 9.11. The number of rotatable bonds is 4. The molecule has 1 aliphatic heterocycles. The van der Waals surface area contributed by atoms with Gasteiger partial charge in [0.1, 0.15) is 5.75 Å². The van der Waals surface area contributed by atoms with E-state index in [0.29, 0.717) is 46.9 Å². The summed E-state index contributed by atoms with van der Waals surface area (Å²) < 4.78 is 5.36. The minimum atomic E-state index is -0.339. The minimum Gasteiger partial charge on any atom is -0.410 e. The van der Waals surface area contributed by atoms with Crippen molar-refractivity contribution in [2.45, 2.75) is 12.8 Å². The number of halogens is 2. The maximum absolute atomic E-state index is 12.3. The predicted octanol–water partition coefficient (Wildman–Crippen LogP) is 4.63. The maximum Gasteiger partial charge on any atom is 0.415 e. The number of benzene rings is 2. The van der Waals surface area contributed by atoms with E-state index < -0.39 is 0 Å². The summed E-state index contributed by atoms with van der Waals surface area (Å²) in [5.41, 5.74) is 0.369. The van der Waals surface area contributed by atoms with Gasteiger partial charge in [-0.3, -0.25) is 4.79 Å². The van der Waals surface area contributed by atoms with Crippen molar-refractivity contribution in [3.8, 4) is 5.75 Å². The Balaban J connectivity index is 1.45. The molecule has 1 saturated heterocycles. The highest BCUT2D eigenvalue weighted by Gasteiger charge is 2.24. The SMILES string of the molecule is O=C(NCC1CCN(C(=O)Oc2ccccc2)CC1)c1cc(Cl)ccc1Cl. The van der Waals surface area contributed by atoms with Crippen LogP contribution in [0.15, 0.2) is 48.5 Å². The van der Waals surface area contributed by atoms with Gasteiger partial charge >= 0.3 is 6.09 Å². The van der Waals surface area contributed by atoms with E-state index in [9.17, 15) is 9.59 Å². The first-order valence-electron chi connectivity index (χ1n) is 8.78. The van der Waals surface area contributed by atoms with Gasteiger partial charge in [0.15, 0.2) is 0 Å². The molecule has 0 aliphatic carbocycles. The second-order valence-electron chi connectivity index (χ2n) is 6.45. The van der Waals surface area contributed by atoms with Crippen LogP contribution in [0.3, 0.4) is 0 Å². The molecule has 0 bridgehead atoms. The largest absolute Gasteiger partial charge is 0.415 e. The number of carbonyl (C=O) groups is 2. The lowest BCUT2D eigenvalue weighted by molar-refractivity contribution is 0.0931. The molecule has 7 heteroatoms. The average Bonchev–Trinajstić information content (AvgIpc) is 2.69. The lowest BCUT2D eigenvalue weighted by Gasteiger charge is -2.31. The number of likely N-dealkylation sites (tertiary alicyclic amines) is 1. The van der Waals surface area contributed by atoms with Gasteiger partial charge in [0.2, 0.25) is 0 Å². The van der Waals surface area contributed by atoms with Crippen LogP contribution in [0.1, 0.15) is 23.2 Å². The van der Waals surface area contributed by atoms with Gasteiger partial charge in [-0.25, -0.2) is 4.79 Å². The van der Waals surface area contributed by atoms with Gasteiger partial charge in [0, 0.05) is 24.7 Å². The van der Waals surface area contributed by atoms with Gasteiger partial charge in [-0.15, -0.1) is 0 Å². The van der Waals surface area contributed by atoms with Crippen molar-refractivity contribution >= 4 is 35.2 Å². The second-order valence-corrected chi connectivity index (χ2v) is 7.29. The highest BCUT2D eigenvalue weighted by molar-refractivity contribution is 6.35. The normalized spacial score (nSPS) is 14.7. The molecule has 5 nitrogen and oxygen atoms in total. The molecule has 27 heavy (non-hydrogen) atoms. The maximum atomic E-state index is 12.3. The monoisotopic (exact) mass is 406 g/mol. The molecule has 0 saturated carbocycles. The van der Waals surface area contributed by atoms with E-state index in [1.54, 1.807) is 35.2 Å². The molecule has 0 spiro atoms. The van der Waals surface area contributed by atoms with Gasteiger partial charge in [-0.1, -0.05) is 41.4 Å². The van der Waals surface area contributed by atoms with Crippen molar-refractivity contribution in [2.75, 3.05) is 19.6 Å². The van der Waals surface area contributed by atoms with E-state index in [1.165, 1.54) is 0 Å². The number of para-hydroxylation sites is 1. The van der Waals surface area contributed by atoms with Crippen molar-refractivity contribution < 1.29 is 14.3 Å². The Morgan fingerprint density at radius 1 is 1.07 bits per heavy atom. The fraction of sp³-hybridized carbons (Fsp3) is 0.300. The zero-order valence-corrected chi connectivity index (χ0v) is 16.2. The number of amides is 2. The molecule has 2 amide bonds. The van der Waals surface area contributed by atoms with Crippen molar-refractivity contribution in [1.82, 2.24) is 10.2 Å². The van der Waals surface area contributed by atoms with E-state index in [2.05, 4.69) is 5.32 Å². The summed E-state index contributed by atoms with van der Waals surface area (Å²) in [5.74, 6) is 0.594. The topological polar surface area (TPSA) is 58.6 Å². The summed E-state index contributed by atoms with van der Waals surface area (Å²) in [6.07, 6.45) is 1.26. The van der Waals surface area contributed by atoms with Crippen LogP contribution in [0, 0.1) is 5.92 Å². The van der Waals surface area contributed by atoms with E-state index in [-0.39, 0.29) is 12.0 Å². The Morgan fingerprint density at radius 2 is 1.78 bits per heavy atom. The lowest BCUT2D eigenvalue weighted by atomic mass is 9.97. The lowest BCUT2D eigenvalue weighted by Crippen LogP contribution is -2.42. The fourth-order valence-electron chi connectivity index (χ4n) is 2.98. The van der Waals surface area contributed by atoms with Crippen molar-refractivity contribution in [3.63, 3.8) is 0 Å². The Labute approximate surface area is 168 Å². The molecule has 0 radical (unpaired) electrons. The summed E-state index contributed by atoms with van der Waals surface area (Å²) >= 11 is 12.0. The molecule has 1 fully saturated rings. The first kappa shape index (κ1) is 19.5. The van der Waals surface area contributed by atoms with Crippen LogP contribution in [0.5, 0.6) is 5.75 Å². The Bertz CT molecular complexity index is 806. The van der Waals surface area contributed by atoms with Gasteiger partial charge < -0.3 is 15.0 Å². The average molecular weight is 407 g/mol. The van der Waals surface area contributed by atoms with E-state index in [0.717, 1.165) is 12.8 Å². The number of nitrogens with zero attached hydrogens (tertiary/aromatic N) is 1. The fourth-order valence-corrected chi connectivity index (χ4v) is 3.35. The van der Waals surface area contributed by atoms with Crippen molar-refractivity contribution in [3.05, 3.63) is 64.1 Å². The molecular weight excluding hydrogens is 387 g/mol. The Morgan fingerprint density at radius 3 is 2.48 bits per heavy atom. The van der Waals surface area contributed by atoms with Gasteiger partial charge in [-0.05, 0) is 49.1 Å². The van der Waals surface area contributed by atoms with Crippen LogP contribution in [0.25, 0.3) is 0 Å². The van der Waals surface area contributed by atoms with Crippen LogP contribution >= 0.6 is 23.2 Å². The standard InChI is InChI=1S/C20H20Cl2N2O3/c21-15-6-7-18(22)17(12-15)19(25)23-13-14-8-10-24(11-9-14)20(26)27-16-4-2-1-3-5-16/h1-7,12,14H,8-11,13H2,(H,23,25). The first-order chi connectivity index (χ1) is 13.0. The third-order valence-electron chi connectivity index (χ3n) is 4.55. The number of piperidine rings is 1. The Hall–Kier alpha value is -2.24. The van der Waals surface area contributed by atoms with E-state index in [1.807, 2.05) is 18.2 Å². The summed E-state index contributed by atoms with van der Waals surface area (Å²) in [7, 11) is 0. The molecule has 1 N–H and O–H groups in total. The van der Waals surface area contributed by atoms with Gasteiger partial charge in [0.05, 0.1) is 10.6 Å². The highest BCUT2D eigenvalue weighted by atomic mass is 35.5. The molecule has 2 aromatic rings. The summed E-state index contributed by atoms with van der Waals surface area (Å²) in [6, 6.07) is 13.8. The van der Waals surface area contributed by atoms with Crippen LogP contribution in [-0.4, -0.2) is 36.5 Å². The zero-order chi connectivity index (χ0) is 19.2. The van der Waals surface area contributed by atoms with E-state index >= 15 is 0 Å². The predicted molar refractivity (Wildman–Crippen MR) is 106 cm³/mol. The third-order valence-corrected chi connectivity index (χ3v) is 5.11. The van der Waals surface area contributed by atoms with Crippen LogP contribution < -0.4 is 10.1 Å². The zero-order valence-electron chi connectivity index (χ0n) is 14.7. The first-order valence-corrected chi connectivity index (χ1v) is 9.53. The van der Waals surface area contributed by atoms with Crippen molar-refractivity contribution in [1.29, 1.82) is 0 Å². The minimum absolute atomic E-state index is 0.242. The molecular formula is C20H20Cl2N2O3. The third kappa shape index (κ3) is 5.37. The molecule has 0 aromatic heterocycles. The van der Waals surface area contributed by atoms with Crippen molar-refractivity contribution in [2.24, 2.45) is 5.92 Å². The number of ether oxygens (including phenoxy) is 1. The summed E-state index contributed by atoms with van der Waals surface area (Å²) in [6.45, 7) is 1.73. The smallest absolute Gasteiger partial charge is 0.410 e. The molecule has 0 atom stereocenters. The summed E-state index contributed by atoms with van der Waals surface area (Å²) in [5, 5.41) is 3.74. The van der Waals surface area contributed by atoms with Gasteiger partial charge in [0.25, 0.3) is 5.91 Å². The quantitative estimate of drug-likeness (QED) is 0.804. The van der Waals surface area contributed by atoms with Crippen LogP contribution in [0.2, 0.25) is 10.0 Å². The molecule has 2 aromatic carbocycles. The summed E-state index contributed by atoms with van der Waals surface area (Å²) in [4.78, 5) is 26.2. The number of hydrogen-bond acceptors (Lipinski definition) is 3. The molecule has 3 rings (SSSR count). The number of carbonyl (C=O) groups excluding carboxylic acids is 2. The molecule has 142 valence electrons. The molecule has 0 unspecified atom stereocenters. The number of nitrogens with one attached hydrogen (secondary N) is 1. The van der Waals surface area contributed by atoms with Gasteiger partial charge in [-0.2, -0.15) is 0 Å². The van der Waals surface area contributed by atoms with Crippen LogP contribution in [-0.2, 0) is 0 Å². The molecule has 1 heterocycles. The Kier molecular flexibility index (Phi) is 6.58. The number of hydrogen-bond donors (Lipinski definition) is 1. The highest BCUT2D eigenvalue weighted by Crippen LogP contribution is 2.22.